The predicted octanol–water partition coefficient (Wildman–Crippen LogP) is 4.03. The number of sulfonamides is 1. The van der Waals surface area contributed by atoms with Gasteiger partial charge in [-0.2, -0.15) is 31.4 Å². The van der Waals surface area contributed by atoms with Gasteiger partial charge in [-0.25, -0.2) is 17.8 Å². The molecule has 0 aliphatic carbocycles. The lowest BCUT2D eigenvalue weighted by atomic mass is 10.1. The number of anilines is 1. The summed E-state index contributed by atoms with van der Waals surface area (Å²) in [4.78, 5) is 28.6. The first-order valence-electron chi connectivity index (χ1n) is 14.0. The van der Waals surface area contributed by atoms with Gasteiger partial charge in [-0.1, -0.05) is 12.1 Å². The number of halogens is 6. The van der Waals surface area contributed by atoms with Crippen molar-refractivity contribution in [2.24, 2.45) is 0 Å². The molecule has 1 saturated heterocycles. The average Bonchev–Trinajstić information content (AvgIpc) is 3.53. The number of nitrogens with one attached hydrogen (secondary N) is 1. The molecular weight excluding hydrogens is 672 g/mol. The maximum atomic E-state index is 13.9. The van der Waals surface area contributed by atoms with E-state index in [1.165, 1.54) is 51.0 Å². The number of benzene rings is 2. The number of alkyl halides is 6. The molecule has 0 unspecified atom stereocenters. The van der Waals surface area contributed by atoms with Crippen LogP contribution in [0.5, 0.6) is 5.75 Å². The second kappa shape index (κ2) is 13.1. The minimum atomic E-state index is -4.76. The van der Waals surface area contributed by atoms with Crippen LogP contribution in [-0.2, 0) is 16.2 Å². The number of hydrogen-bond acceptors (Lipinski definition) is 9. The number of carbonyl (C=O) groups is 2. The zero-order valence-electron chi connectivity index (χ0n) is 24.5. The van der Waals surface area contributed by atoms with Crippen molar-refractivity contribution >= 4 is 27.7 Å². The van der Waals surface area contributed by atoms with Crippen molar-refractivity contribution in [3.63, 3.8) is 0 Å². The Labute approximate surface area is 268 Å². The van der Waals surface area contributed by atoms with Crippen LogP contribution in [0.4, 0.5) is 32.2 Å². The van der Waals surface area contributed by atoms with Gasteiger partial charge in [0.25, 0.3) is 11.8 Å². The van der Waals surface area contributed by atoms with E-state index in [1.54, 1.807) is 17.0 Å². The van der Waals surface area contributed by atoms with Gasteiger partial charge in [-0.05, 0) is 48.0 Å². The summed E-state index contributed by atoms with van der Waals surface area (Å²) >= 11 is 0. The number of phenolic OH excluding ortho intramolecular Hbond substituents is 1. The number of amides is 2. The van der Waals surface area contributed by atoms with Crippen molar-refractivity contribution in [2.75, 3.05) is 36.8 Å². The molecule has 5 rings (SSSR count). The Hall–Kier alpha value is -5.20. The van der Waals surface area contributed by atoms with Gasteiger partial charge in [-0.15, -0.1) is 10.2 Å². The second-order valence-corrected chi connectivity index (χ2v) is 12.5. The summed E-state index contributed by atoms with van der Waals surface area (Å²) < 4.78 is 105. The third kappa shape index (κ3) is 8.38. The van der Waals surface area contributed by atoms with Crippen LogP contribution in [0.3, 0.4) is 0 Å². The minimum Gasteiger partial charge on any atom is -0.508 e. The SMILES string of the molecule is O=C(NS(=O)(=O)CCC(F)(F)F)c1ccc(N2CCN(C(=O)c3cc(-n4cc(-c5cccc(O)c5)cn4)cc(C(F)(F)F)c3)CC2)nn1. The highest BCUT2D eigenvalue weighted by Crippen LogP contribution is 2.33. The number of aromatic nitrogens is 4. The van der Waals surface area contributed by atoms with Crippen LogP contribution in [0, 0.1) is 0 Å². The summed E-state index contributed by atoms with van der Waals surface area (Å²) in [6.07, 6.45) is -8.25. The summed E-state index contributed by atoms with van der Waals surface area (Å²) in [5.74, 6) is -3.03. The molecule has 0 spiro atoms. The number of piperazine rings is 1. The first kappa shape index (κ1) is 34.1. The molecule has 1 aliphatic heterocycles. The van der Waals surface area contributed by atoms with Crippen molar-refractivity contribution in [2.45, 2.75) is 18.8 Å². The van der Waals surface area contributed by atoms with Crippen LogP contribution in [0.15, 0.2) is 67.0 Å². The molecule has 254 valence electrons. The summed E-state index contributed by atoms with van der Waals surface area (Å²) in [7, 11) is -4.58. The molecule has 2 aromatic heterocycles. The zero-order valence-corrected chi connectivity index (χ0v) is 25.3. The van der Waals surface area contributed by atoms with E-state index in [2.05, 4.69) is 15.3 Å². The van der Waals surface area contributed by atoms with Crippen LogP contribution >= 0.6 is 0 Å². The molecule has 1 aliphatic rings. The third-order valence-corrected chi connectivity index (χ3v) is 8.43. The molecule has 0 saturated carbocycles. The molecule has 3 heterocycles. The van der Waals surface area contributed by atoms with Crippen LogP contribution in [0.2, 0.25) is 0 Å². The van der Waals surface area contributed by atoms with Crippen molar-refractivity contribution < 1.29 is 49.5 Å². The quantitative estimate of drug-likeness (QED) is 0.260. The number of carbonyl (C=O) groups excluding carboxylic acids is 2. The molecule has 0 atom stereocenters. The van der Waals surface area contributed by atoms with Crippen LogP contribution < -0.4 is 9.62 Å². The Kier molecular flexibility index (Phi) is 9.34. The van der Waals surface area contributed by atoms with E-state index < -0.39 is 57.6 Å². The van der Waals surface area contributed by atoms with Crippen LogP contribution in [0.1, 0.15) is 32.8 Å². The fraction of sp³-hybridized carbons (Fsp3) is 0.276. The third-order valence-electron chi connectivity index (χ3n) is 7.20. The van der Waals surface area contributed by atoms with E-state index in [9.17, 15) is 49.5 Å². The molecular formula is C29H25F6N7O5S. The van der Waals surface area contributed by atoms with E-state index >= 15 is 0 Å². The number of nitrogens with zero attached hydrogens (tertiary/aromatic N) is 6. The molecule has 1 fully saturated rings. The van der Waals surface area contributed by atoms with Gasteiger partial charge < -0.3 is 14.9 Å². The Balaban J connectivity index is 1.25. The predicted molar refractivity (Wildman–Crippen MR) is 158 cm³/mol. The smallest absolute Gasteiger partial charge is 0.416 e. The monoisotopic (exact) mass is 697 g/mol. The number of rotatable bonds is 8. The summed E-state index contributed by atoms with van der Waals surface area (Å²) in [5, 5.41) is 21.4. The lowest BCUT2D eigenvalue weighted by molar-refractivity contribution is -0.137. The molecule has 0 bridgehead atoms. The van der Waals surface area contributed by atoms with Gasteiger partial charge >= 0.3 is 12.4 Å². The van der Waals surface area contributed by atoms with Crippen LogP contribution in [0.25, 0.3) is 16.8 Å². The molecule has 4 aromatic rings. The highest BCUT2D eigenvalue weighted by molar-refractivity contribution is 7.90. The average molecular weight is 698 g/mol. The van der Waals surface area contributed by atoms with E-state index in [-0.39, 0.29) is 49.0 Å². The van der Waals surface area contributed by atoms with Gasteiger partial charge in [0, 0.05) is 43.5 Å². The van der Waals surface area contributed by atoms with Crippen molar-refractivity contribution in [3.05, 3.63) is 83.8 Å². The summed E-state index contributed by atoms with van der Waals surface area (Å²) in [6, 6.07) is 11.6. The first-order valence-corrected chi connectivity index (χ1v) is 15.7. The Morgan fingerprint density at radius 2 is 1.62 bits per heavy atom. The highest BCUT2D eigenvalue weighted by atomic mass is 32.2. The minimum absolute atomic E-state index is 0.00207. The van der Waals surface area contributed by atoms with Crippen molar-refractivity contribution in [3.8, 4) is 22.6 Å². The van der Waals surface area contributed by atoms with Gasteiger partial charge in [0.2, 0.25) is 10.0 Å². The lowest BCUT2D eigenvalue weighted by Gasteiger charge is -2.35. The largest absolute Gasteiger partial charge is 0.508 e. The standard InChI is InChI=1S/C29H25F6N7O5S/c30-28(31,32)6-11-48(46,47)39-26(44)24-4-5-25(38-37-24)40-7-9-41(10-8-40)27(45)19-12-21(29(33,34)35)15-22(13-19)42-17-20(16-36-42)18-2-1-3-23(43)14-18/h1-5,12-17,43H,6-11H2,(H,39,44). The van der Waals surface area contributed by atoms with E-state index in [4.69, 9.17) is 0 Å². The topological polar surface area (TPSA) is 151 Å². The van der Waals surface area contributed by atoms with Gasteiger partial charge in [0.15, 0.2) is 11.5 Å². The maximum absolute atomic E-state index is 13.9. The fourth-order valence-corrected chi connectivity index (χ4v) is 5.75. The molecule has 12 nitrogen and oxygen atoms in total. The normalized spacial score (nSPS) is 14.2. The number of hydrogen-bond donors (Lipinski definition) is 2. The van der Waals surface area contributed by atoms with E-state index in [0.29, 0.717) is 11.1 Å². The molecule has 2 amide bonds. The second-order valence-electron chi connectivity index (χ2n) is 10.7. The Morgan fingerprint density at radius 3 is 2.25 bits per heavy atom. The van der Waals surface area contributed by atoms with Crippen molar-refractivity contribution in [1.82, 2.24) is 29.6 Å². The van der Waals surface area contributed by atoms with Crippen molar-refractivity contribution in [1.29, 1.82) is 0 Å². The molecule has 2 aromatic carbocycles. The lowest BCUT2D eigenvalue weighted by Crippen LogP contribution is -2.49. The van der Waals surface area contributed by atoms with Crippen LogP contribution in [-0.4, -0.2) is 88.3 Å². The summed E-state index contributed by atoms with van der Waals surface area (Å²) in [5.41, 5.74) is -0.639. The Bertz CT molecular complexity index is 1920. The van der Waals surface area contributed by atoms with Gasteiger partial charge in [-0.3, -0.25) is 9.59 Å². The fourth-order valence-electron chi connectivity index (χ4n) is 4.76. The van der Waals surface area contributed by atoms with E-state index in [1.807, 2.05) is 0 Å². The van der Waals surface area contributed by atoms with Gasteiger partial charge in [0.1, 0.15) is 5.75 Å². The summed E-state index contributed by atoms with van der Waals surface area (Å²) in [6.45, 7) is 0.510. The molecule has 2 N–H and O–H groups in total. The maximum Gasteiger partial charge on any atom is 0.416 e. The molecule has 0 radical (unpaired) electrons. The van der Waals surface area contributed by atoms with E-state index in [0.717, 1.165) is 18.2 Å². The van der Waals surface area contributed by atoms with Gasteiger partial charge in [0.05, 0.1) is 29.6 Å². The zero-order chi connectivity index (χ0) is 34.9. The Morgan fingerprint density at radius 1 is 0.896 bits per heavy atom. The molecule has 48 heavy (non-hydrogen) atoms. The first-order chi connectivity index (χ1) is 22.5. The number of aromatic hydroxyl groups is 1. The molecule has 19 heteroatoms. The highest BCUT2D eigenvalue weighted by Gasteiger charge is 2.34. The number of phenols is 1.